The molecule has 0 unspecified atom stereocenters. The molecule has 1 aromatic heterocycles. The van der Waals surface area contributed by atoms with Crippen molar-refractivity contribution in [2.45, 2.75) is 30.8 Å². The molecule has 0 N–H and O–H groups in total. The quantitative estimate of drug-likeness (QED) is 0.405. The molecule has 0 radical (unpaired) electrons. The molecular formula is C21H22N2O3S2. The number of carbonyl (C=O) groups excluding carboxylic acids is 2. The van der Waals surface area contributed by atoms with E-state index in [1.54, 1.807) is 16.2 Å². The van der Waals surface area contributed by atoms with Crippen LogP contribution in [-0.4, -0.2) is 40.2 Å². The standard InChI is InChI=1S/C21H22N2O3S2/c1-15(2)23(12-16-8-4-3-5-9-16)19(24)13-26-20(25)14-27-21-22-17-10-6-7-11-18(17)28-21/h3-11,15H,12-14H2,1-2H3. The number of para-hydroxylation sites is 1. The van der Waals surface area contributed by atoms with Gasteiger partial charge in [0.1, 0.15) is 0 Å². The fraction of sp³-hybridized carbons (Fsp3) is 0.286. The number of thioether (sulfide) groups is 1. The van der Waals surface area contributed by atoms with Gasteiger partial charge in [-0.05, 0) is 31.5 Å². The van der Waals surface area contributed by atoms with Crippen LogP contribution in [-0.2, 0) is 20.9 Å². The maximum absolute atomic E-state index is 12.5. The molecule has 3 rings (SSSR count). The highest BCUT2D eigenvalue weighted by atomic mass is 32.2. The molecule has 0 saturated carbocycles. The number of benzene rings is 2. The van der Waals surface area contributed by atoms with Gasteiger partial charge < -0.3 is 9.64 Å². The Morgan fingerprint density at radius 3 is 2.54 bits per heavy atom. The minimum Gasteiger partial charge on any atom is -0.455 e. The molecule has 0 atom stereocenters. The number of hydrogen-bond acceptors (Lipinski definition) is 6. The first-order chi connectivity index (χ1) is 13.5. The Morgan fingerprint density at radius 1 is 1.11 bits per heavy atom. The maximum atomic E-state index is 12.5. The van der Waals surface area contributed by atoms with Crippen molar-refractivity contribution in [1.82, 2.24) is 9.88 Å². The number of ether oxygens (including phenoxy) is 1. The summed E-state index contributed by atoms with van der Waals surface area (Å²) in [6, 6.07) is 17.6. The van der Waals surface area contributed by atoms with Gasteiger partial charge in [-0.15, -0.1) is 11.3 Å². The second-order valence-corrected chi connectivity index (χ2v) is 8.75. The topological polar surface area (TPSA) is 59.5 Å². The first-order valence-corrected chi connectivity index (χ1v) is 10.8. The Morgan fingerprint density at radius 2 is 1.82 bits per heavy atom. The van der Waals surface area contributed by atoms with Gasteiger partial charge in [0.2, 0.25) is 0 Å². The highest BCUT2D eigenvalue weighted by Gasteiger charge is 2.19. The molecule has 0 aliphatic rings. The van der Waals surface area contributed by atoms with Gasteiger partial charge in [0.15, 0.2) is 10.9 Å². The lowest BCUT2D eigenvalue weighted by atomic mass is 10.2. The monoisotopic (exact) mass is 414 g/mol. The number of aromatic nitrogens is 1. The van der Waals surface area contributed by atoms with Crippen LogP contribution < -0.4 is 0 Å². The van der Waals surface area contributed by atoms with Gasteiger partial charge in [0, 0.05) is 12.6 Å². The fourth-order valence-electron chi connectivity index (χ4n) is 2.64. The normalized spacial score (nSPS) is 11.0. The third kappa shape index (κ3) is 5.56. The fourth-order valence-corrected chi connectivity index (χ4v) is 4.51. The number of nitrogens with zero attached hydrogens (tertiary/aromatic N) is 2. The lowest BCUT2D eigenvalue weighted by Crippen LogP contribution is -2.39. The van der Waals surface area contributed by atoms with E-state index in [1.807, 2.05) is 68.4 Å². The van der Waals surface area contributed by atoms with Crippen LogP contribution in [0.2, 0.25) is 0 Å². The second-order valence-electron chi connectivity index (χ2n) is 6.50. The summed E-state index contributed by atoms with van der Waals surface area (Å²) in [6.45, 7) is 4.15. The van der Waals surface area contributed by atoms with Gasteiger partial charge >= 0.3 is 5.97 Å². The largest absolute Gasteiger partial charge is 0.455 e. The molecular weight excluding hydrogens is 392 g/mol. The first kappa shape index (κ1) is 20.4. The number of rotatable bonds is 8. The van der Waals surface area contributed by atoms with Crippen LogP contribution in [0.25, 0.3) is 10.2 Å². The molecule has 0 aliphatic heterocycles. The summed E-state index contributed by atoms with van der Waals surface area (Å²) in [5.41, 5.74) is 1.97. The van der Waals surface area contributed by atoms with Gasteiger partial charge in [-0.25, -0.2) is 4.98 Å². The zero-order chi connectivity index (χ0) is 19.9. The summed E-state index contributed by atoms with van der Waals surface area (Å²) >= 11 is 2.87. The van der Waals surface area contributed by atoms with Gasteiger partial charge in [-0.3, -0.25) is 9.59 Å². The molecule has 7 heteroatoms. The van der Waals surface area contributed by atoms with Crippen molar-refractivity contribution in [3.8, 4) is 0 Å². The molecule has 0 spiro atoms. The summed E-state index contributed by atoms with van der Waals surface area (Å²) in [5, 5.41) is 0. The van der Waals surface area contributed by atoms with E-state index in [0.29, 0.717) is 6.54 Å². The Bertz CT molecular complexity index is 908. The zero-order valence-electron chi connectivity index (χ0n) is 15.8. The summed E-state index contributed by atoms with van der Waals surface area (Å²) in [7, 11) is 0. The van der Waals surface area contributed by atoms with E-state index in [0.717, 1.165) is 20.1 Å². The van der Waals surface area contributed by atoms with Crippen molar-refractivity contribution in [2.24, 2.45) is 0 Å². The van der Waals surface area contributed by atoms with Crippen molar-refractivity contribution in [3.63, 3.8) is 0 Å². The molecule has 0 bridgehead atoms. The van der Waals surface area contributed by atoms with E-state index in [2.05, 4.69) is 4.98 Å². The van der Waals surface area contributed by atoms with Crippen LogP contribution in [0, 0.1) is 0 Å². The predicted molar refractivity (Wildman–Crippen MR) is 113 cm³/mol. The van der Waals surface area contributed by atoms with Crippen LogP contribution in [0.3, 0.4) is 0 Å². The molecule has 1 amide bonds. The third-order valence-electron chi connectivity index (χ3n) is 4.08. The molecule has 28 heavy (non-hydrogen) atoms. The van der Waals surface area contributed by atoms with Crippen molar-refractivity contribution in [3.05, 3.63) is 60.2 Å². The van der Waals surface area contributed by atoms with Crippen LogP contribution in [0.5, 0.6) is 0 Å². The SMILES string of the molecule is CC(C)N(Cc1ccccc1)C(=O)COC(=O)CSc1nc2ccccc2s1. The van der Waals surface area contributed by atoms with Gasteiger partial charge in [-0.1, -0.05) is 54.2 Å². The number of carbonyl (C=O) groups is 2. The minimum atomic E-state index is -0.416. The number of hydrogen-bond donors (Lipinski definition) is 0. The predicted octanol–water partition coefficient (Wildman–Crippen LogP) is 4.37. The molecule has 5 nitrogen and oxygen atoms in total. The molecule has 1 heterocycles. The smallest absolute Gasteiger partial charge is 0.316 e. The van der Waals surface area contributed by atoms with Gasteiger partial charge in [0.05, 0.1) is 16.0 Å². The average molecular weight is 415 g/mol. The van der Waals surface area contributed by atoms with E-state index in [9.17, 15) is 9.59 Å². The highest BCUT2D eigenvalue weighted by molar-refractivity contribution is 8.01. The molecule has 2 aromatic carbocycles. The number of amides is 1. The highest BCUT2D eigenvalue weighted by Crippen LogP contribution is 2.29. The minimum absolute atomic E-state index is 0.0172. The van der Waals surface area contributed by atoms with E-state index in [-0.39, 0.29) is 24.3 Å². The molecule has 146 valence electrons. The Hall–Kier alpha value is -2.38. The van der Waals surface area contributed by atoms with Crippen molar-refractivity contribution >= 4 is 45.2 Å². The van der Waals surface area contributed by atoms with Gasteiger partial charge in [0.25, 0.3) is 5.91 Å². The maximum Gasteiger partial charge on any atom is 0.316 e. The number of esters is 1. The summed E-state index contributed by atoms with van der Waals surface area (Å²) < 4.78 is 7.10. The van der Waals surface area contributed by atoms with E-state index in [4.69, 9.17) is 4.74 Å². The average Bonchev–Trinajstić information content (AvgIpc) is 3.12. The summed E-state index contributed by atoms with van der Waals surface area (Å²) in [6.07, 6.45) is 0. The van der Waals surface area contributed by atoms with Crippen molar-refractivity contribution in [2.75, 3.05) is 12.4 Å². The Kier molecular flexibility index (Phi) is 7.06. The zero-order valence-corrected chi connectivity index (χ0v) is 17.5. The van der Waals surface area contributed by atoms with Gasteiger partial charge in [-0.2, -0.15) is 0 Å². The van der Waals surface area contributed by atoms with E-state index < -0.39 is 5.97 Å². The van der Waals surface area contributed by atoms with E-state index in [1.165, 1.54) is 11.8 Å². The van der Waals surface area contributed by atoms with Crippen LogP contribution in [0.1, 0.15) is 19.4 Å². The van der Waals surface area contributed by atoms with Crippen molar-refractivity contribution in [1.29, 1.82) is 0 Å². The first-order valence-electron chi connectivity index (χ1n) is 9.00. The molecule has 0 fully saturated rings. The lowest BCUT2D eigenvalue weighted by Gasteiger charge is -2.26. The summed E-state index contributed by atoms with van der Waals surface area (Å²) in [4.78, 5) is 30.8. The van der Waals surface area contributed by atoms with Crippen molar-refractivity contribution < 1.29 is 14.3 Å². The molecule has 3 aromatic rings. The Balaban J connectivity index is 1.48. The van der Waals surface area contributed by atoms with Crippen LogP contribution in [0.4, 0.5) is 0 Å². The lowest BCUT2D eigenvalue weighted by molar-refractivity contribution is -0.151. The summed E-state index contributed by atoms with van der Waals surface area (Å²) in [5.74, 6) is -0.480. The van der Waals surface area contributed by atoms with Crippen LogP contribution in [0.15, 0.2) is 58.9 Å². The molecule has 0 aliphatic carbocycles. The third-order valence-corrected chi connectivity index (χ3v) is 6.24. The Labute approximate surface area is 172 Å². The number of thiazole rings is 1. The van der Waals surface area contributed by atoms with Crippen LogP contribution >= 0.6 is 23.1 Å². The second kappa shape index (κ2) is 9.71. The number of fused-ring (bicyclic) bond motifs is 1. The molecule has 0 saturated heterocycles. The van der Waals surface area contributed by atoms with E-state index >= 15 is 0 Å².